The molecule has 2 atom stereocenters. The Kier molecular flexibility index (Phi) is 7.10. The van der Waals surface area contributed by atoms with E-state index in [9.17, 15) is 22.7 Å². The highest BCUT2D eigenvalue weighted by atomic mass is 32.2. The van der Waals surface area contributed by atoms with Gasteiger partial charge in [-0.1, -0.05) is 31.5 Å². The molecule has 0 unspecified atom stereocenters. The number of hydrogen-bond donors (Lipinski definition) is 1. The summed E-state index contributed by atoms with van der Waals surface area (Å²) in [6.45, 7) is 5.97. The van der Waals surface area contributed by atoms with Crippen LogP contribution in [-0.4, -0.2) is 41.3 Å². The number of benzene rings is 2. The van der Waals surface area contributed by atoms with Crippen LogP contribution in [0.25, 0.3) is 11.4 Å². The van der Waals surface area contributed by atoms with Crippen molar-refractivity contribution in [1.29, 1.82) is 0 Å². The van der Waals surface area contributed by atoms with Crippen LogP contribution in [-0.2, 0) is 25.9 Å². The Balaban J connectivity index is 1.82. The number of cyclic esters (lactones) is 1. The first kappa shape index (κ1) is 25.1. The number of esters is 1. The number of aromatic nitrogens is 2. The number of hydrogen-bond acceptors (Lipinski definition) is 6. The molecule has 3 aromatic rings. The molecule has 1 aliphatic heterocycles. The van der Waals surface area contributed by atoms with Crippen LogP contribution in [0.15, 0.2) is 58.5 Å². The second-order valence-corrected chi connectivity index (χ2v) is 11.1. The van der Waals surface area contributed by atoms with Gasteiger partial charge in [-0.2, -0.15) is 0 Å². The lowest BCUT2D eigenvalue weighted by atomic mass is 10.0. The molecule has 9 heteroatoms. The van der Waals surface area contributed by atoms with Gasteiger partial charge in [-0.3, -0.25) is 4.79 Å². The van der Waals surface area contributed by atoms with Crippen molar-refractivity contribution < 1.29 is 27.4 Å². The summed E-state index contributed by atoms with van der Waals surface area (Å²) in [7, 11) is -3.94. The third kappa shape index (κ3) is 5.31. The van der Waals surface area contributed by atoms with Gasteiger partial charge in [0.25, 0.3) is 0 Å². The molecule has 2 aromatic carbocycles. The predicted molar refractivity (Wildman–Crippen MR) is 128 cm³/mol. The lowest BCUT2D eigenvalue weighted by molar-refractivity contribution is -0.160. The van der Waals surface area contributed by atoms with Crippen molar-refractivity contribution in [2.24, 2.45) is 0 Å². The Morgan fingerprint density at radius 3 is 2.40 bits per heavy atom. The number of aliphatic hydroxyl groups excluding tert-OH is 1. The smallest absolute Gasteiger partial charge is 0.308 e. The highest BCUT2D eigenvalue weighted by Crippen LogP contribution is 2.34. The number of rotatable bonds is 7. The van der Waals surface area contributed by atoms with Gasteiger partial charge in [-0.25, -0.2) is 17.8 Å². The maximum atomic E-state index is 13.7. The summed E-state index contributed by atoms with van der Waals surface area (Å²) in [5.74, 6) is -0.676. The summed E-state index contributed by atoms with van der Waals surface area (Å²) < 4.78 is 48.2. The fourth-order valence-electron chi connectivity index (χ4n) is 4.39. The fourth-order valence-corrected chi connectivity index (χ4v) is 5.93. The molecule has 7 nitrogen and oxygen atoms in total. The van der Waals surface area contributed by atoms with Crippen molar-refractivity contribution in [3.05, 3.63) is 65.6 Å². The van der Waals surface area contributed by atoms with Gasteiger partial charge in [-0.05, 0) is 49.2 Å². The summed E-state index contributed by atoms with van der Waals surface area (Å²) >= 11 is 0. The molecular weight excluding hydrogens is 471 g/mol. The van der Waals surface area contributed by atoms with E-state index in [2.05, 4.69) is 4.98 Å². The molecule has 0 amide bonds. The van der Waals surface area contributed by atoms with Gasteiger partial charge in [0.05, 0.1) is 23.1 Å². The fraction of sp³-hybridized carbons (Fsp3) is 0.385. The van der Waals surface area contributed by atoms with Gasteiger partial charge >= 0.3 is 5.97 Å². The van der Waals surface area contributed by atoms with Crippen LogP contribution in [0.1, 0.15) is 50.3 Å². The van der Waals surface area contributed by atoms with E-state index in [0.717, 1.165) is 5.56 Å². The topological polar surface area (TPSA) is 98.5 Å². The van der Waals surface area contributed by atoms with Crippen molar-refractivity contribution in [3.63, 3.8) is 0 Å². The van der Waals surface area contributed by atoms with E-state index in [0.29, 0.717) is 36.5 Å². The van der Waals surface area contributed by atoms with Crippen LogP contribution in [0.3, 0.4) is 0 Å². The second-order valence-electron chi connectivity index (χ2n) is 9.25. The number of imidazole rings is 1. The molecule has 1 fully saturated rings. The van der Waals surface area contributed by atoms with Gasteiger partial charge in [-0.15, -0.1) is 0 Å². The molecule has 1 N–H and O–H groups in total. The largest absolute Gasteiger partial charge is 0.462 e. The lowest BCUT2D eigenvalue weighted by Crippen LogP contribution is -2.33. The first-order valence-electron chi connectivity index (χ1n) is 11.6. The van der Waals surface area contributed by atoms with Gasteiger partial charge in [0, 0.05) is 24.9 Å². The zero-order chi connectivity index (χ0) is 25.3. The Labute approximate surface area is 204 Å². The Morgan fingerprint density at radius 2 is 1.80 bits per heavy atom. The van der Waals surface area contributed by atoms with E-state index in [1.807, 2.05) is 25.3 Å². The standard InChI is InChI=1S/C26H29FN2O5S/c1-16(2)24-26(35(32,33)22-10-4-17(3)5-11-22)28-25(18-6-8-19(27)9-7-18)29(24)13-12-21-14-20(30)15-23(31)34-21/h4-11,16,20-21,30H,12-15H2,1-3H3/t20-,21-/m1/s1. The van der Waals surface area contributed by atoms with E-state index in [4.69, 9.17) is 4.74 Å². The number of aliphatic hydroxyl groups is 1. The Morgan fingerprint density at radius 1 is 1.14 bits per heavy atom. The van der Waals surface area contributed by atoms with E-state index in [-0.39, 0.29) is 22.3 Å². The van der Waals surface area contributed by atoms with E-state index < -0.39 is 33.8 Å². The summed E-state index contributed by atoms with van der Waals surface area (Å²) in [4.78, 5) is 16.5. The number of carbonyl (C=O) groups excluding carboxylic acids is 1. The molecular formula is C26H29FN2O5S. The zero-order valence-corrected chi connectivity index (χ0v) is 20.8. The summed E-state index contributed by atoms with van der Waals surface area (Å²) in [6, 6.07) is 12.3. The highest BCUT2D eigenvalue weighted by molar-refractivity contribution is 7.91. The minimum Gasteiger partial charge on any atom is -0.462 e. The minimum absolute atomic E-state index is 0.0292. The monoisotopic (exact) mass is 500 g/mol. The maximum Gasteiger partial charge on any atom is 0.308 e. The molecule has 1 aliphatic rings. The molecule has 0 spiro atoms. The van der Waals surface area contributed by atoms with Crippen molar-refractivity contribution in [1.82, 2.24) is 9.55 Å². The van der Waals surface area contributed by atoms with Gasteiger partial charge in [0.1, 0.15) is 17.7 Å². The first-order chi connectivity index (χ1) is 16.6. The molecule has 35 heavy (non-hydrogen) atoms. The number of sulfone groups is 1. The Hall–Kier alpha value is -3.04. The third-order valence-electron chi connectivity index (χ3n) is 6.12. The van der Waals surface area contributed by atoms with Gasteiger partial charge < -0.3 is 14.4 Å². The number of aryl methyl sites for hydroxylation is 1. The predicted octanol–water partition coefficient (Wildman–Crippen LogP) is 4.41. The molecule has 0 saturated carbocycles. The molecule has 1 aromatic heterocycles. The lowest BCUT2D eigenvalue weighted by Gasteiger charge is -2.26. The van der Waals surface area contributed by atoms with Crippen LogP contribution >= 0.6 is 0 Å². The van der Waals surface area contributed by atoms with E-state index in [1.165, 1.54) is 12.1 Å². The van der Waals surface area contributed by atoms with Crippen LogP contribution in [0.2, 0.25) is 0 Å². The zero-order valence-electron chi connectivity index (χ0n) is 19.9. The van der Waals surface area contributed by atoms with E-state index >= 15 is 0 Å². The highest BCUT2D eigenvalue weighted by Gasteiger charge is 2.32. The average molecular weight is 501 g/mol. The number of nitrogens with zero attached hydrogens (tertiary/aromatic N) is 2. The van der Waals surface area contributed by atoms with E-state index in [1.54, 1.807) is 36.4 Å². The molecule has 186 valence electrons. The Bertz CT molecular complexity index is 1320. The second kappa shape index (κ2) is 9.91. The minimum atomic E-state index is -3.94. The molecule has 2 heterocycles. The first-order valence-corrected chi connectivity index (χ1v) is 13.1. The number of halogens is 1. The summed E-state index contributed by atoms with van der Waals surface area (Å²) in [5, 5.41) is 9.93. The van der Waals surface area contributed by atoms with Crippen molar-refractivity contribution in [3.8, 4) is 11.4 Å². The number of ether oxygens (including phenoxy) is 1. The van der Waals surface area contributed by atoms with Crippen LogP contribution < -0.4 is 0 Å². The normalized spacial score (nSPS) is 18.6. The summed E-state index contributed by atoms with van der Waals surface area (Å²) in [5.41, 5.74) is 2.03. The quantitative estimate of drug-likeness (QED) is 0.483. The van der Waals surface area contributed by atoms with Crippen molar-refractivity contribution in [2.75, 3.05) is 0 Å². The van der Waals surface area contributed by atoms with Gasteiger partial charge in [0.15, 0.2) is 5.03 Å². The van der Waals surface area contributed by atoms with Crippen molar-refractivity contribution >= 4 is 15.8 Å². The third-order valence-corrected chi connectivity index (χ3v) is 7.82. The summed E-state index contributed by atoms with van der Waals surface area (Å²) in [6.07, 6.45) is -0.595. The SMILES string of the molecule is Cc1ccc(S(=O)(=O)c2nc(-c3ccc(F)cc3)n(CC[C@@H]3C[C@@H](O)CC(=O)O3)c2C(C)C)cc1. The average Bonchev–Trinajstić information content (AvgIpc) is 3.18. The maximum absolute atomic E-state index is 13.7. The molecule has 0 bridgehead atoms. The van der Waals surface area contributed by atoms with Gasteiger partial charge in [0.2, 0.25) is 9.84 Å². The molecule has 4 rings (SSSR count). The van der Waals surface area contributed by atoms with Crippen molar-refractivity contribution in [2.45, 2.75) is 74.6 Å². The molecule has 0 radical (unpaired) electrons. The van der Waals surface area contributed by atoms with Crippen LogP contribution in [0, 0.1) is 12.7 Å². The number of carbonyl (C=O) groups is 1. The van der Waals surface area contributed by atoms with Crippen LogP contribution in [0.4, 0.5) is 4.39 Å². The van der Waals surface area contributed by atoms with Crippen LogP contribution in [0.5, 0.6) is 0 Å². The molecule has 1 saturated heterocycles. The molecule has 0 aliphatic carbocycles.